The van der Waals surface area contributed by atoms with Crippen molar-refractivity contribution in [3.8, 4) is 0 Å². The van der Waals surface area contributed by atoms with Crippen LogP contribution in [0.5, 0.6) is 0 Å². The van der Waals surface area contributed by atoms with Crippen LogP contribution in [0.4, 0.5) is 0 Å². The minimum atomic E-state index is -2.29. The predicted molar refractivity (Wildman–Crippen MR) is 36.5 cm³/mol. The first-order valence-electron chi connectivity index (χ1n) is 3.94. The molecule has 2 fully saturated rings. The summed E-state index contributed by atoms with van der Waals surface area (Å²) < 4.78 is 4.58. The molecule has 0 saturated carbocycles. The van der Waals surface area contributed by atoms with Gasteiger partial charge in [-0.25, -0.2) is 4.79 Å². The Balaban J connectivity index is 2.20. The van der Waals surface area contributed by atoms with Gasteiger partial charge < -0.3 is 20.4 Å². The minimum Gasteiger partial charge on any atom is -0.477 e. The van der Waals surface area contributed by atoms with Gasteiger partial charge in [-0.3, -0.25) is 4.74 Å². The molecule has 9 heteroatoms. The molecule has 0 unspecified atom stereocenters. The number of hydrogen-bond donors (Lipinski definition) is 4. The summed E-state index contributed by atoms with van der Waals surface area (Å²) in [5, 5.41) is 39.8. The standard InChI is InChI=1S/C6H8O9/c7-1-2(8)3(9)5-6(12-5,4(10)11)14-15-13-5/h2-3,7-9H,1H2,(H,10,11)/t2-,3+,5-,6+/m1/s1. The first-order valence-corrected chi connectivity index (χ1v) is 3.94. The molecular weight excluding hydrogens is 216 g/mol. The third-order valence-corrected chi connectivity index (χ3v) is 2.24. The lowest BCUT2D eigenvalue weighted by Crippen LogP contribution is -2.47. The smallest absolute Gasteiger partial charge is 0.373 e. The van der Waals surface area contributed by atoms with Crippen LogP contribution in [0.3, 0.4) is 0 Å². The number of ether oxygens (including phenoxy) is 1. The zero-order valence-corrected chi connectivity index (χ0v) is 7.19. The number of carbonyl (C=O) groups is 1. The van der Waals surface area contributed by atoms with Gasteiger partial charge in [0.05, 0.1) is 6.61 Å². The topological polar surface area (TPSA) is 138 Å². The van der Waals surface area contributed by atoms with Crippen LogP contribution >= 0.6 is 0 Å². The molecule has 2 aliphatic heterocycles. The largest absolute Gasteiger partial charge is 0.477 e. The Morgan fingerprint density at radius 2 is 2.00 bits per heavy atom. The van der Waals surface area contributed by atoms with Crippen LogP contribution in [0.1, 0.15) is 0 Å². The van der Waals surface area contributed by atoms with E-state index >= 15 is 0 Å². The van der Waals surface area contributed by atoms with Crippen molar-refractivity contribution < 1.29 is 44.8 Å². The maximum absolute atomic E-state index is 10.7. The van der Waals surface area contributed by atoms with Gasteiger partial charge in [0.2, 0.25) is 0 Å². The summed E-state index contributed by atoms with van der Waals surface area (Å²) in [7, 11) is 0. The van der Waals surface area contributed by atoms with E-state index in [0.717, 1.165) is 0 Å². The Morgan fingerprint density at radius 3 is 2.47 bits per heavy atom. The van der Waals surface area contributed by atoms with Crippen LogP contribution < -0.4 is 0 Å². The maximum atomic E-state index is 10.7. The molecular formula is C6H8O9. The van der Waals surface area contributed by atoms with Crippen molar-refractivity contribution in [3.63, 3.8) is 0 Å². The van der Waals surface area contributed by atoms with E-state index in [1.54, 1.807) is 0 Å². The summed E-state index contributed by atoms with van der Waals surface area (Å²) in [6.45, 7) is -0.800. The van der Waals surface area contributed by atoms with E-state index in [0.29, 0.717) is 0 Å². The van der Waals surface area contributed by atoms with Gasteiger partial charge in [0, 0.05) is 0 Å². The molecule has 0 spiro atoms. The van der Waals surface area contributed by atoms with E-state index in [1.165, 1.54) is 0 Å². The molecule has 2 heterocycles. The summed E-state index contributed by atoms with van der Waals surface area (Å²) in [6, 6.07) is 0. The average Bonchev–Trinajstić information content (AvgIpc) is 2.76. The fourth-order valence-electron chi connectivity index (χ4n) is 1.34. The first-order chi connectivity index (χ1) is 7.00. The van der Waals surface area contributed by atoms with Gasteiger partial charge in [-0.2, -0.15) is 9.78 Å². The second-order valence-electron chi connectivity index (χ2n) is 3.12. The summed E-state index contributed by atoms with van der Waals surface area (Å²) in [5.41, 5.74) is 0. The molecule has 9 nitrogen and oxygen atoms in total. The molecule has 4 N–H and O–H groups in total. The molecule has 0 amide bonds. The van der Waals surface area contributed by atoms with Crippen molar-refractivity contribution in [2.75, 3.05) is 6.61 Å². The Labute approximate surface area is 82.2 Å². The Kier molecular flexibility index (Phi) is 2.20. The molecule has 0 radical (unpaired) electrons. The molecule has 2 rings (SSSR count). The summed E-state index contributed by atoms with van der Waals surface area (Å²) in [6.07, 6.45) is -3.46. The van der Waals surface area contributed by atoms with Gasteiger partial charge in [0.1, 0.15) is 12.2 Å². The van der Waals surface area contributed by atoms with Crippen molar-refractivity contribution in [2.45, 2.75) is 23.8 Å². The molecule has 2 saturated heterocycles. The number of aliphatic hydroxyl groups excluding tert-OH is 3. The molecule has 2 aliphatic rings. The lowest BCUT2D eigenvalue weighted by molar-refractivity contribution is -0.530. The zero-order valence-electron chi connectivity index (χ0n) is 7.19. The highest BCUT2D eigenvalue weighted by atomic mass is 17.6. The number of epoxide rings is 1. The summed E-state index contributed by atoms with van der Waals surface area (Å²) in [4.78, 5) is 19.2. The monoisotopic (exact) mass is 224 g/mol. The Hall–Kier alpha value is -0.810. The molecule has 86 valence electrons. The molecule has 0 aliphatic carbocycles. The minimum absolute atomic E-state index is 0.800. The molecule has 4 atom stereocenters. The Bertz CT molecular complexity index is 292. The highest BCUT2D eigenvalue weighted by Gasteiger charge is 2.89. The van der Waals surface area contributed by atoms with Gasteiger partial charge >= 0.3 is 17.5 Å². The van der Waals surface area contributed by atoms with E-state index in [4.69, 9.17) is 15.3 Å². The second kappa shape index (κ2) is 3.09. The molecule has 0 aromatic rings. The summed E-state index contributed by atoms with van der Waals surface area (Å²) >= 11 is 0. The van der Waals surface area contributed by atoms with Crippen molar-refractivity contribution in [1.29, 1.82) is 0 Å². The SMILES string of the molecule is O=C(O)[C@]12OOO[C@@]1([C@@H](O)[C@H](O)CO)O2. The van der Waals surface area contributed by atoms with Crippen molar-refractivity contribution in [1.82, 2.24) is 0 Å². The van der Waals surface area contributed by atoms with Crippen LogP contribution in [0.15, 0.2) is 0 Å². The quantitative estimate of drug-likeness (QED) is 0.292. The fourth-order valence-corrected chi connectivity index (χ4v) is 1.34. The highest BCUT2D eigenvalue weighted by Crippen LogP contribution is 2.57. The van der Waals surface area contributed by atoms with Crippen LogP contribution in [-0.2, 0) is 24.3 Å². The lowest BCUT2D eigenvalue weighted by atomic mass is 10.0. The molecule has 15 heavy (non-hydrogen) atoms. The van der Waals surface area contributed by atoms with Crippen molar-refractivity contribution in [2.24, 2.45) is 0 Å². The molecule has 0 aromatic heterocycles. The van der Waals surface area contributed by atoms with Gasteiger partial charge in [-0.05, 0) is 0 Å². The fraction of sp³-hybridized carbons (Fsp3) is 0.833. The highest BCUT2D eigenvalue weighted by molar-refractivity contribution is 5.80. The number of carboxylic acids is 1. The van der Waals surface area contributed by atoms with E-state index in [-0.39, 0.29) is 0 Å². The Morgan fingerprint density at radius 1 is 1.33 bits per heavy atom. The van der Waals surface area contributed by atoms with Crippen LogP contribution in [0.2, 0.25) is 0 Å². The third kappa shape index (κ3) is 1.13. The average molecular weight is 224 g/mol. The third-order valence-electron chi connectivity index (χ3n) is 2.24. The normalized spacial score (nSPS) is 42.1. The molecule has 0 bridgehead atoms. The predicted octanol–water partition coefficient (Wildman–Crippen LogP) is -2.90. The van der Waals surface area contributed by atoms with Gasteiger partial charge in [-0.1, -0.05) is 5.04 Å². The van der Waals surface area contributed by atoms with E-state index in [2.05, 4.69) is 19.6 Å². The lowest BCUT2D eigenvalue weighted by Gasteiger charge is -2.17. The second-order valence-corrected chi connectivity index (χ2v) is 3.12. The number of aliphatic hydroxyl groups is 3. The van der Waals surface area contributed by atoms with Crippen molar-refractivity contribution >= 4 is 5.97 Å². The maximum Gasteiger partial charge on any atom is 0.373 e. The van der Waals surface area contributed by atoms with Crippen LogP contribution in [-0.4, -0.2) is 56.8 Å². The number of carboxylic acid groups (broad SMARTS) is 1. The first kappa shape index (κ1) is 10.7. The van der Waals surface area contributed by atoms with Gasteiger partial charge in [-0.15, -0.1) is 0 Å². The van der Waals surface area contributed by atoms with Gasteiger partial charge in [0.25, 0.3) is 0 Å². The van der Waals surface area contributed by atoms with Crippen LogP contribution in [0.25, 0.3) is 0 Å². The van der Waals surface area contributed by atoms with Crippen LogP contribution in [0, 0.1) is 0 Å². The van der Waals surface area contributed by atoms with E-state index in [9.17, 15) is 9.90 Å². The van der Waals surface area contributed by atoms with E-state index in [1.807, 2.05) is 0 Å². The number of aliphatic carboxylic acids is 1. The van der Waals surface area contributed by atoms with Gasteiger partial charge in [0.15, 0.2) is 0 Å². The number of fused-ring (bicyclic) bond motifs is 1. The van der Waals surface area contributed by atoms with E-state index < -0.39 is 36.4 Å². The summed E-state index contributed by atoms with van der Waals surface area (Å²) in [5.74, 6) is -6.01. The van der Waals surface area contributed by atoms with Crippen molar-refractivity contribution in [3.05, 3.63) is 0 Å². The number of hydrogen-bond acceptors (Lipinski definition) is 8. The zero-order chi connectivity index (χ0) is 11.3. The number of rotatable bonds is 4. The molecule has 0 aromatic carbocycles.